The van der Waals surface area contributed by atoms with Crippen molar-refractivity contribution in [1.29, 1.82) is 0 Å². The van der Waals surface area contributed by atoms with Crippen LogP contribution in [-0.4, -0.2) is 104 Å². The van der Waals surface area contributed by atoms with Gasteiger partial charge in [-0.05, 0) is 19.4 Å². The number of rotatable bonds is 7. The third-order valence-electron chi connectivity index (χ3n) is 4.54. The van der Waals surface area contributed by atoms with Gasteiger partial charge in [-0.15, -0.1) is 0 Å². The largest absolute Gasteiger partial charge is 0.394 e. The lowest BCUT2D eigenvalue weighted by molar-refractivity contribution is -0.273. The second kappa shape index (κ2) is 8.57. The Labute approximate surface area is 151 Å². The molecule has 1 saturated heterocycles. The summed E-state index contributed by atoms with van der Waals surface area (Å²) < 4.78 is 10.9. The molecule has 1 aliphatic carbocycles. The number of aliphatic hydroxyl groups is 7. The van der Waals surface area contributed by atoms with E-state index >= 15 is 0 Å². The molecule has 8 unspecified atom stereocenters. The molecule has 152 valence electrons. The Balaban J connectivity index is 2.15. The topological polar surface area (TPSA) is 172 Å². The van der Waals surface area contributed by atoms with Gasteiger partial charge in [0, 0.05) is 12.5 Å². The second-order valence-corrected chi connectivity index (χ2v) is 7.21. The minimum atomic E-state index is -1.49. The fourth-order valence-corrected chi connectivity index (χ4v) is 3.28. The van der Waals surface area contributed by atoms with Crippen LogP contribution in [0.2, 0.25) is 0 Å². The minimum absolute atomic E-state index is 0.155. The first-order chi connectivity index (χ1) is 12.1. The van der Waals surface area contributed by atoms with Crippen molar-refractivity contribution >= 4 is 0 Å². The summed E-state index contributed by atoms with van der Waals surface area (Å²) in [4.78, 5) is 0. The maximum atomic E-state index is 10.2. The molecule has 10 heteroatoms. The SMILES string of the molecule is CC(C)(O)OC1CC(NC2C=C(CO)C(O)C(O)C2O)C(C(O)CO)O1. The predicted octanol–water partition coefficient (Wildman–Crippen LogP) is -3.46. The number of aliphatic hydroxyl groups excluding tert-OH is 6. The summed E-state index contributed by atoms with van der Waals surface area (Å²) >= 11 is 0. The van der Waals surface area contributed by atoms with Crippen LogP contribution >= 0.6 is 0 Å². The lowest BCUT2D eigenvalue weighted by Crippen LogP contribution is -2.58. The molecule has 8 atom stereocenters. The highest BCUT2D eigenvalue weighted by Gasteiger charge is 2.45. The maximum Gasteiger partial charge on any atom is 0.163 e. The molecule has 2 rings (SSSR count). The van der Waals surface area contributed by atoms with Crippen molar-refractivity contribution in [2.24, 2.45) is 0 Å². The van der Waals surface area contributed by atoms with E-state index in [1.807, 2.05) is 0 Å². The van der Waals surface area contributed by atoms with Crippen LogP contribution in [0.25, 0.3) is 0 Å². The summed E-state index contributed by atoms with van der Waals surface area (Å²) in [5.74, 6) is -1.47. The summed E-state index contributed by atoms with van der Waals surface area (Å²) in [6, 6.07) is -1.43. The Hall–Kier alpha value is -0.660. The van der Waals surface area contributed by atoms with Gasteiger partial charge in [0.15, 0.2) is 12.1 Å². The fraction of sp³-hybridized carbons (Fsp3) is 0.875. The smallest absolute Gasteiger partial charge is 0.163 e. The van der Waals surface area contributed by atoms with Crippen molar-refractivity contribution in [3.8, 4) is 0 Å². The summed E-state index contributed by atoms with van der Waals surface area (Å²) in [5.41, 5.74) is 0.155. The van der Waals surface area contributed by atoms with Gasteiger partial charge >= 0.3 is 0 Å². The van der Waals surface area contributed by atoms with Gasteiger partial charge in [0.2, 0.25) is 0 Å². The van der Waals surface area contributed by atoms with Crippen LogP contribution in [0.3, 0.4) is 0 Å². The van der Waals surface area contributed by atoms with E-state index in [4.69, 9.17) is 9.47 Å². The lowest BCUT2D eigenvalue weighted by Gasteiger charge is -2.37. The molecule has 0 spiro atoms. The first kappa shape index (κ1) is 21.6. The lowest BCUT2D eigenvalue weighted by atomic mass is 9.87. The maximum absolute atomic E-state index is 10.2. The summed E-state index contributed by atoms with van der Waals surface area (Å²) in [7, 11) is 0. The van der Waals surface area contributed by atoms with Crippen molar-refractivity contribution in [2.45, 2.75) is 74.9 Å². The molecule has 0 saturated carbocycles. The van der Waals surface area contributed by atoms with Crippen LogP contribution in [0.15, 0.2) is 11.6 Å². The molecular formula is C16H29NO9. The normalized spacial score (nSPS) is 39.7. The van der Waals surface area contributed by atoms with Crippen LogP contribution in [0.5, 0.6) is 0 Å². The quantitative estimate of drug-likeness (QED) is 0.164. The second-order valence-electron chi connectivity index (χ2n) is 7.21. The molecule has 1 fully saturated rings. The van der Waals surface area contributed by atoms with E-state index in [1.54, 1.807) is 0 Å². The van der Waals surface area contributed by atoms with Crippen molar-refractivity contribution < 1.29 is 45.2 Å². The Kier molecular flexibility index (Phi) is 7.13. The Morgan fingerprint density at radius 3 is 2.46 bits per heavy atom. The number of hydrogen-bond donors (Lipinski definition) is 8. The molecular weight excluding hydrogens is 350 g/mol. The fourth-order valence-electron chi connectivity index (χ4n) is 3.28. The van der Waals surface area contributed by atoms with Crippen molar-refractivity contribution in [2.75, 3.05) is 13.2 Å². The summed E-state index contributed by atoms with van der Waals surface area (Å²) in [5, 5.41) is 71.2. The first-order valence-corrected chi connectivity index (χ1v) is 8.53. The van der Waals surface area contributed by atoms with Gasteiger partial charge in [-0.1, -0.05) is 6.08 Å². The van der Waals surface area contributed by atoms with Gasteiger partial charge in [0.1, 0.15) is 30.5 Å². The Bertz CT molecular complexity index is 495. The van der Waals surface area contributed by atoms with Crippen molar-refractivity contribution in [3.05, 3.63) is 11.6 Å². The number of ether oxygens (including phenoxy) is 2. The highest BCUT2D eigenvalue weighted by Crippen LogP contribution is 2.29. The molecule has 1 heterocycles. The monoisotopic (exact) mass is 379 g/mol. The summed E-state index contributed by atoms with van der Waals surface area (Å²) in [6.45, 7) is 1.79. The average Bonchev–Trinajstić information content (AvgIpc) is 2.94. The third-order valence-corrected chi connectivity index (χ3v) is 4.54. The van der Waals surface area contributed by atoms with Crippen LogP contribution in [-0.2, 0) is 9.47 Å². The molecule has 0 aromatic heterocycles. The molecule has 0 aromatic rings. The molecule has 1 aliphatic heterocycles. The van der Waals surface area contributed by atoms with Gasteiger partial charge in [-0.3, -0.25) is 0 Å². The van der Waals surface area contributed by atoms with Gasteiger partial charge in [0.25, 0.3) is 0 Å². The zero-order chi connectivity index (χ0) is 19.6. The molecule has 8 N–H and O–H groups in total. The first-order valence-electron chi connectivity index (χ1n) is 8.53. The van der Waals surface area contributed by atoms with Crippen LogP contribution in [0.1, 0.15) is 20.3 Å². The standard InChI is InChI=1S/C16H29NO9/c1-16(2,24)26-11-4-9(15(25-11)10(20)6-19)17-8-3-7(5-18)12(21)14(23)13(8)22/h3,8-15,17-24H,4-6H2,1-2H3. The van der Waals surface area contributed by atoms with E-state index in [1.165, 1.54) is 19.9 Å². The molecule has 0 radical (unpaired) electrons. The van der Waals surface area contributed by atoms with Crippen LogP contribution < -0.4 is 5.32 Å². The van der Waals surface area contributed by atoms with Gasteiger partial charge in [-0.25, -0.2) is 0 Å². The van der Waals surface area contributed by atoms with Gasteiger partial charge in [-0.2, -0.15) is 0 Å². The predicted molar refractivity (Wildman–Crippen MR) is 87.7 cm³/mol. The van der Waals surface area contributed by atoms with E-state index < -0.39 is 67.9 Å². The Morgan fingerprint density at radius 1 is 1.27 bits per heavy atom. The molecule has 10 nitrogen and oxygen atoms in total. The van der Waals surface area contributed by atoms with Crippen LogP contribution in [0, 0.1) is 0 Å². The average molecular weight is 379 g/mol. The molecule has 26 heavy (non-hydrogen) atoms. The summed E-state index contributed by atoms with van der Waals surface area (Å²) in [6.07, 6.45) is -5.62. The molecule has 0 bridgehead atoms. The third kappa shape index (κ3) is 4.98. The van der Waals surface area contributed by atoms with E-state index in [0.717, 1.165) is 0 Å². The van der Waals surface area contributed by atoms with E-state index in [0.29, 0.717) is 0 Å². The van der Waals surface area contributed by atoms with Gasteiger partial charge in [0.05, 0.1) is 19.3 Å². The minimum Gasteiger partial charge on any atom is -0.394 e. The highest BCUT2D eigenvalue weighted by molar-refractivity contribution is 5.22. The zero-order valence-corrected chi connectivity index (χ0v) is 14.8. The zero-order valence-electron chi connectivity index (χ0n) is 14.8. The van der Waals surface area contributed by atoms with E-state index in [-0.39, 0.29) is 12.0 Å². The van der Waals surface area contributed by atoms with Crippen molar-refractivity contribution in [3.63, 3.8) is 0 Å². The van der Waals surface area contributed by atoms with E-state index in [2.05, 4.69) is 5.32 Å². The highest BCUT2D eigenvalue weighted by atomic mass is 16.7. The van der Waals surface area contributed by atoms with Gasteiger partial charge < -0.3 is 50.5 Å². The number of hydrogen-bond acceptors (Lipinski definition) is 10. The molecule has 0 amide bonds. The molecule has 2 aliphatic rings. The Morgan fingerprint density at radius 2 is 1.92 bits per heavy atom. The van der Waals surface area contributed by atoms with Crippen LogP contribution in [0.4, 0.5) is 0 Å². The number of nitrogens with one attached hydrogen (secondary N) is 1. The van der Waals surface area contributed by atoms with Crippen molar-refractivity contribution in [1.82, 2.24) is 5.32 Å². The van der Waals surface area contributed by atoms with E-state index in [9.17, 15) is 35.7 Å². The molecule has 0 aromatic carbocycles.